The van der Waals surface area contributed by atoms with Crippen LogP contribution in [0.2, 0.25) is 0 Å². The van der Waals surface area contributed by atoms with E-state index in [0.29, 0.717) is 37.6 Å². The summed E-state index contributed by atoms with van der Waals surface area (Å²) in [5, 5.41) is 29.3. The standard InChI is InChI=1S/C45H69BN6O11/c1-25(2)37(50-40(58)30(19-20-35(53)54)48-39(57)29(47)24-36(55)56)42(60)51-38(26(3)4)43(61)52-21-13-17-31(52)41(59)49-34(18-12-11-16-27-14-9-8-10-15-27)46-62-33-23-28-22-32(44(28,5)6)45(33,7)63-46/h8-10,14-15,25-26,28-34,37-38H,11-13,16-24,47H2,1-7H3,(H,48,57)(H,49,59)(H,50,58)(H,51,60)(H,53,54)(H,55,56)/t28-,29-,30-,31-,32+,33+,34-,37-,38-,45-/m0/s1. The topological polar surface area (TPSA) is 256 Å². The van der Waals surface area contributed by atoms with Crippen LogP contribution in [0, 0.1) is 29.1 Å². The highest BCUT2D eigenvalue weighted by Gasteiger charge is 2.68. The number of hydrogen-bond acceptors (Lipinski definition) is 10. The van der Waals surface area contributed by atoms with Crippen molar-refractivity contribution in [2.75, 3.05) is 6.54 Å². The van der Waals surface area contributed by atoms with Gasteiger partial charge in [0.05, 0.1) is 30.1 Å². The fourth-order valence-corrected chi connectivity index (χ4v) is 10.1. The number of carboxylic acid groups (broad SMARTS) is 2. The largest absolute Gasteiger partial charge is 0.481 e. The minimum Gasteiger partial charge on any atom is -0.481 e. The lowest BCUT2D eigenvalue weighted by Crippen LogP contribution is -2.65. The molecule has 2 heterocycles. The predicted molar refractivity (Wildman–Crippen MR) is 233 cm³/mol. The minimum atomic E-state index is -1.51. The van der Waals surface area contributed by atoms with Gasteiger partial charge < -0.3 is 51.4 Å². The number of likely N-dealkylation sites (tertiary alicyclic amines) is 1. The highest BCUT2D eigenvalue weighted by Crippen LogP contribution is 2.65. The molecular weight excluding hydrogens is 811 g/mol. The van der Waals surface area contributed by atoms with Gasteiger partial charge in [-0.2, -0.15) is 0 Å². The molecule has 2 saturated heterocycles. The fourth-order valence-electron chi connectivity index (χ4n) is 10.1. The third-order valence-electron chi connectivity index (χ3n) is 14.0. The number of amides is 5. The third kappa shape index (κ3) is 11.8. The van der Waals surface area contributed by atoms with Crippen LogP contribution in [0.15, 0.2) is 30.3 Å². The summed E-state index contributed by atoms with van der Waals surface area (Å²) in [6.45, 7) is 13.9. The van der Waals surface area contributed by atoms with Gasteiger partial charge >= 0.3 is 19.1 Å². The summed E-state index contributed by atoms with van der Waals surface area (Å²) in [6.07, 6.45) is 4.55. The van der Waals surface area contributed by atoms with Crippen LogP contribution in [0.5, 0.6) is 0 Å². The first-order valence-corrected chi connectivity index (χ1v) is 22.7. The first-order valence-electron chi connectivity index (χ1n) is 22.7. The predicted octanol–water partition coefficient (Wildman–Crippen LogP) is 2.58. The molecule has 6 rings (SSSR count). The number of nitrogens with one attached hydrogen (secondary N) is 4. The number of carboxylic acids is 2. The molecule has 0 unspecified atom stereocenters. The number of rotatable bonds is 22. The van der Waals surface area contributed by atoms with Crippen LogP contribution < -0.4 is 27.0 Å². The molecule has 2 bridgehead atoms. The summed E-state index contributed by atoms with van der Waals surface area (Å²) < 4.78 is 13.5. The van der Waals surface area contributed by atoms with E-state index >= 15 is 0 Å². The van der Waals surface area contributed by atoms with Gasteiger partial charge in [-0.1, -0.05) is 78.3 Å². The quantitative estimate of drug-likeness (QED) is 0.0656. The lowest BCUT2D eigenvalue weighted by molar-refractivity contribution is -0.199. The van der Waals surface area contributed by atoms with Crippen LogP contribution >= 0.6 is 0 Å². The molecule has 0 radical (unpaired) electrons. The summed E-state index contributed by atoms with van der Waals surface area (Å²) in [7, 11) is -0.647. The molecule has 5 amide bonds. The SMILES string of the molecule is CC(C)[C@H](NC(=O)[C@H](CCC(=O)O)NC(=O)[C@@H](N)CC(=O)O)C(=O)N[C@H](C(=O)N1CCC[C@H]1C(=O)N[C@@H](CCCCc1ccccc1)B1O[C@@H]2C[C@@H]3C[C@H](C3(C)C)[C@]2(C)O1)C(C)C. The van der Waals surface area contributed by atoms with Crippen molar-refractivity contribution in [3.8, 4) is 0 Å². The van der Waals surface area contributed by atoms with E-state index in [1.807, 2.05) is 18.2 Å². The third-order valence-corrected chi connectivity index (χ3v) is 14.0. The second kappa shape index (κ2) is 21.0. The summed E-state index contributed by atoms with van der Waals surface area (Å²) in [5.74, 6) is -6.42. The van der Waals surface area contributed by atoms with Gasteiger partial charge in [0.25, 0.3) is 0 Å². The molecule has 18 heteroatoms. The maximum absolute atomic E-state index is 14.4. The molecule has 5 fully saturated rings. The molecule has 0 aromatic heterocycles. The van der Waals surface area contributed by atoms with E-state index in [2.05, 4.69) is 54.2 Å². The Morgan fingerprint density at radius 1 is 0.841 bits per heavy atom. The van der Waals surface area contributed by atoms with Crippen molar-refractivity contribution in [1.82, 2.24) is 26.2 Å². The smallest absolute Gasteiger partial charge is 0.481 e. The highest BCUT2D eigenvalue weighted by molar-refractivity contribution is 6.48. The number of unbranched alkanes of at least 4 members (excludes halogenated alkanes) is 1. The molecule has 1 aromatic rings. The van der Waals surface area contributed by atoms with Crippen molar-refractivity contribution in [1.29, 1.82) is 0 Å². The first kappa shape index (κ1) is 49.5. The molecule has 17 nitrogen and oxygen atoms in total. The molecule has 3 aliphatic carbocycles. The average Bonchev–Trinajstić information content (AvgIpc) is 3.86. The van der Waals surface area contributed by atoms with E-state index in [9.17, 15) is 38.7 Å². The van der Waals surface area contributed by atoms with Crippen molar-refractivity contribution in [2.45, 2.75) is 167 Å². The zero-order chi connectivity index (χ0) is 46.4. The Morgan fingerprint density at radius 3 is 2.13 bits per heavy atom. The Kier molecular flexibility index (Phi) is 16.5. The Hall–Kier alpha value is -4.55. The average molecular weight is 881 g/mol. The molecule has 8 N–H and O–H groups in total. The van der Waals surface area contributed by atoms with Gasteiger partial charge in [0.1, 0.15) is 24.2 Å². The Labute approximate surface area is 371 Å². The van der Waals surface area contributed by atoms with Gasteiger partial charge in [-0.25, -0.2) is 0 Å². The maximum atomic E-state index is 14.4. The Morgan fingerprint density at radius 2 is 1.51 bits per heavy atom. The van der Waals surface area contributed by atoms with Gasteiger partial charge in [0, 0.05) is 13.0 Å². The summed E-state index contributed by atoms with van der Waals surface area (Å²) in [6, 6.07) is 4.18. The van der Waals surface area contributed by atoms with E-state index < -0.39 is 109 Å². The summed E-state index contributed by atoms with van der Waals surface area (Å²) in [4.78, 5) is 92.8. The molecule has 2 aliphatic heterocycles. The van der Waals surface area contributed by atoms with Gasteiger partial charge in [0.2, 0.25) is 29.5 Å². The summed E-state index contributed by atoms with van der Waals surface area (Å²) >= 11 is 0. The number of carbonyl (C=O) groups is 7. The molecule has 5 aliphatic rings. The second-order valence-electron chi connectivity index (χ2n) is 19.5. The van der Waals surface area contributed by atoms with Crippen molar-refractivity contribution in [3.05, 3.63) is 35.9 Å². The van der Waals surface area contributed by atoms with Crippen molar-refractivity contribution in [3.63, 3.8) is 0 Å². The number of aliphatic carboxylic acids is 2. The van der Waals surface area contributed by atoms with E-state index in [1.54, 1.807) is 27.7 Å². The monoisotopic (exact) mass is 881 g/mol. The summed E-state index contributed by atoms with van der Waals surface area (Å²) in [5.41, 5.74) is 6.59. The number of nitrogens with zero attached hydrogens (tertiary/aromatic N) is 1. The van der Waals surface area contributed by atoms with E-state index in [4.69, 9.17) is 20.1 Å². The van der Waals surface area contributed by atoms with E-state index in [0.717, 1.165) is 32.1 Å². The normalized spacial score (nSPS) is 25.8. The van der Waals surface area contributed by atoms with Crippen molar-refractivity contribution in [2.24, 2.45) is 34.8 Å². The number of benzene rings is 1. The second-order valence-corrected chi connectivity index (χ2v) is 19.5. The molecule has 348 valence electrons. The van der Waals surface area contributed by atoms with E-state index in [-0.39, 0.29) is 23.8 Å². The molecule has 10 atom stereocenters. The Bertz CT molecular complexity index is 1830. The Balaban J connectivity index is 1.26. The zero-order valence-electron chi connectivity index (χ0n) is 37.9. The van der Waals surface area contributed by atoms with Crippen LogP contribution in [0.1, 0.15) is 118 Å². The fraction of sp³-hybridized carbons (Fsp3) is 0.711. The van der Waals surface area contributed by atoms with Crippen LogP contribution in [-0.4, -0.2) is 118 Å². The number of nitrogens with two attached hydrogens (primary N) is 1. The van der Waals surface area contributed by atoms with Gasteiger partial charge in [-0.05, 0) is 92.9 Å². The molecule has 1 aromatic carbocycles. The highest BCUT2D eigenvalue weighted by atomic mass is 16.7. The van der Waals surface area contributed by atoms with Gasteiger partial charge in [-0.15, -0.1) is 0 Å². The van der Waals surface area contributed by atoms with Crippen LogP contribution in [0.4, 0.5) is 0 Å². The molecule has 3 saturated carbocycles. The van der Waals surface area contributed by atoms with Gasteiger partial charge in [-0.3, -0.25) is 33.6 Å². The molecular formula is C45H69BN6O11. The number of hydrogen-bond donors (Lipinski definition) is 7. The lowest BCUT2D eigenvalue weighted by Gasteiger charge is -2.64. The van der Waals surface area contributed by atoms with E-state index in [1.165, 1.54) is 10.5 Å². The van der Waals surface area contributed by atoms with Crippen LogP contribution in [-0.2, 0) is 49.3 Å². The molecule has 63 heavy (non-hydrogen) atoms. The first-order chi connectivity index (χ1) is 29.6. The van der Waals surface area contributed by atoms with Crippen LogP contribution in [0.3, 0.4) is 0 Å². The molecule has 0 spiro atoms. The lowest BCUT2D eigenvalue weighted by atomic mass is 9.43. The van der Waals surface area contributed by atoms with Crippen molar-refractivity contribution < 1.29 is 53.1 Å². The number of aryl methyl sites for hydroxylation is 1. The zero-order valence-corrected chi connectivity index (χ0v) is 37.9. The minimum absolute atomic E-state index is 0.0705. The van der Waals surface area contributed by atoms with Crippen molar-refractivity contribution >= 4 is 48.6 Å². The van der Waals surface area contributed by atoms with Crippen LogP contribution in [0.25, 0.3) is 0 Å². The maximum Gasteiger partial charge on any atom is 0.481 e. The van der Waals surface area contributed by atoms with Gasteiger partial charge in [0.15, 0.2) is 0 Å². The number of carbonyl (C=O) groups excluding carboxylic acids is 5.